The lowest BCUT2D eigenvalue weighted by Gasteiger charge is -2.26. The number of carbonyl (C=O) groups excluding carboxylic acids is 2. The van der Waals surface area contributed by atoms with Crippen molar-refractivity contribution in [3.05, 3.63) is 64.7 Å². The Labute approximate surface area is 167 Å². The van der Waals surface area contributed by atoms with Crippen LogP contribution in [0, 0.1) is 0 Å². The fourth-order valence-corrected chi connectivity index (χ4v) is 4.27. The molecule has 0 unspecified atom stereocenters. The minimum Gasteiger partial charge on any atom is -0.379 e. The predicted molar refractivity (Wildman–Crippen MR) is 102 cm³/mol. The minimum atomic E-state index is -3.73. The van der Waals surface area contributed by atoms with Gasteiger partial charge in [-0.25, -0.2) is 8.42 Å². The Morgan fingerprint density at radius 3 is 2.11 bits per heavy atom. The zero-order valence-electron chi connectivity index (χ0n) is 14.7. The van der Waals surface area contributed by atoms with E-state index in [1.54, 1.807) is 18.2 Å². The van der Waals surface area contributed by atoms with E-state index in [0.29, 0.717) is 18.2 Å². The number of rotatable bonds is 4. The van der Waals surface area contributed by atoms with Crippen molar-refractivity contribution < 1.29 is 22.7 Å². The Bertz CT molecular complexity index is 990. The van der Waals surface area contributed by atoms with E-state index in [0.717, 1.165) is 0 Å². The van der Waals surface area contributed by atoms with Crippen molar-refractivity contribution >= 4 is 33.4 Å². The van der Waals surface area contributed by atoms with Crippen LogP contribution in [0.3, 0.4) is 0 Å². The molecular weight excluding hydrogens is 406 g/mol. The fourth-order valence-electron chi connectivity index (χ4n) is 2.62. The van der Waals surface area contributed by atoms with Gasteiger partial charge in [-0.15, -0.1) is 0 Å². The van der Waals surface area contributed by atoms with Crippen LogP contribution < -0.4 is 10.9 Å². The molecule has 0 saturated carbocycles. The van der Waals surface area contributed by atoms with Crippen molar-refractivity contribution in [3.63, 3.8) is 0 Å². The Hall–Kier alpha value is -2.46. The van der Waals surface area contributed by atoms with Gasteiger partial charge in [-0.1, -0.05) is 23.7 Å². The Morgan fingerprint density at radius 1 is 0.929 bits per heavy atom. The van der Waals surface area contributed by atoms with Gasteiger partial charge >= 0.3 is 0 Å². The lowest BCUT2D eigenvalue weighted by atomic mass is 10.2. The molecular formula is C18H18ClN3O5S. The number of halogens is 1. The van der Waals surface area contributed by atoms with E-state index in [4.69, 9.17) is 16.3 Å². The number of sulfonamides is 1. The van der Waals surface area contributed by atoms with E-state index in [9.17, 15) is 18.0 Å². The summed E-state index contributed by atoms with van der Waals surface area (Å²) in [6, 6.07) is 11.9. The van der Waals surface area contributed by atoms with Crippen molar-refractivity contribution in [2.75, 3.05) is 26.3 Å². The summed E-state index contributed by atoms with van der Waals surface area (Å²) in [6.45, 7) is 1.17. The number of hydrazine groups is 1. The lowest BCUT2D eigenvalue weighted by Crippen LogP contribution is -2.42. The van der Waals surface area contributed by atoms with Gasteiger partial charge in [0.05, 0.1) is 18.1 Å². The first-order valence-corrected chi connectivity index (χ1v) is 10.2. The first-order valence-electron chi connectivity index (χ1n) is 8.42. The zero-order chi connectivity index (χ0) is 20.1. The fraction of sp³-hybridized carbons (Fsp3) is 0.222. The molecule has 148 valence electrons. The minimum absolute atomic E-state index is 0.00298. The SMILES string of the molecule is O=C(NNC(=O)c1cccc(S(=O)(=O)N2CCOCC2)c1)c1cccc(Cl)c1. The summed E-state index contributed by atoms with van der Waals surface area (Å²) in [5.41, 5.74) is 4.91. The van der Waals surface area contributed by atoms with Gasteiger partial charge in [0.1, 0.15) is 0 Å². The normalized spacial score (nSPS) is 15.0. The van der Waals surface area contributed by atoms with Gasteiger partial charge in [0.2, 0.25) is 10.0 Å². The van der Waals surface area contributed by atoms with Crippen LogP contribution in [-0.4, -0.2) is 50.8 Å². The van der Waals surface area contributed by atoms with Crippen LogP contribution in [-0.2, 0) is 14.8 Å². The van der Waals surface area contributed by atoms with Crippen molar-refractivity contribution in [2.45, 2.75) is 4.90 Å². The largest absolute Gasteiger partial charge is 0.379 e. The average molecular weight is 424 g/mol. The Balaban J connectivity index is 1.69. The molecule has 0 atom stereocenters. The smallest absolute Gasteiger partial charge is 0.269 e. The van der Waals surface area contributed by atoms with Crippen molar-refractivity contribution in [2.24, 2.45) is 0 Å². The number of morpholine rings is 1. The maximum Gasteiger partial charge on any atom is 0.269 e. The molecule has 2 amide bonds. The van der Waals surface area contributed by atoms with Crippen LogP contribution >= 0.6 is 11.6 Å². The Morgan fingerprint density at radius 2 is 1.50 bits per heavy atom. The maximum atomic E-state index is 12.7. The molecule has 1 saturated heterocycles. The van der Waals surface area contributed by atoms with Gasteiger partial charge in [-0.05, 0) is 36.4 Å². The van der Waals surface area contributed by atoms with Crippen molar-refractivity contribution in [3.8, 4) is 0 Å². The second-order valence-corrected chi connectivity index (χ2v) is 8.34. The van der Waals surface area contributed by atoms with E-state index in [-0.39, 0.29) is 29.1 Å². The van der Waals surface area contributed by atoms with E-state index >= 15 is 0 Å². The summed E-state index contributed by atoms with van der Waals surface area (Å²) in [7, 11) is -3.73. The second kappa shape index (κ2) is 8.70. The van der Waals surface area contributed by atoms with Crippen molar-refractivity contribution in [1.29, 1.82) is 0 Å². The number of ether oxygens (including phenoxy) is 1. The summed E-state index contributed by atoms with van der Waals surface area (Å²) in [6.07, 6.45) is 0. The third-order valence-electron chi connectivity index (χ3n) is 4.08. The highest BCUT2D eigenvalue weighted by atomic mass is 35.5. The number of nitrogens with zero attached hydrogens (tertiary/aromatic N) is 1. The molecule has 10 heteroatoms. The highest BCUT2D eigenvalue weighted by molar-refractivity contribution is 7.89. The first-order chi connectivity index (χ1) is 13.4. The summed E-state index contributed by atoms with van der Waals surface area (Å²) in [5, 5.41) is 0.389. The van der Waals surface area contributed by atoms with E-state index in [2.05, 4.69) is 10.9 Å². The molecule has 1 fully saturated rings. The topological polar surface area (TPSA) is 105 Å². The predicted octanol–water partition coefficient (Wildman–Crippen LogP) is 1.44. The van der Waals surface area contributed by atoms with Crippen molar-refractivity contribution in [1.82, 2.24) is 15.2 Å². The third-order valence-corrected chi connectivity index (χ3v) is 6.21. The first kappa shape index (κ1) is 20.3. The van der Waals surface area contributed by atoms with Gasteiger partial charge in [0.25, 0.3) is 11.8 Å². The molecule has 0 aliphatic carbocycles. The molecule has 0 aromatic heterocycles. The summed E-state index contributed by atoms with van der Waals surface area (Å²) < 4.78 is 31.9. The molecule has 0 bridgehead atoms. The molecule has 1 aliphatic heterocycles. The monoisotopic (exact) mass is 423 g/mol. The molecule has 8 nitrogen and oxygen atoms in total. The van der Waals surface area contributed by atoms with Gasteiger partial charge < -0.3 is 4.74 Å². The number of amides is 2. The van der Waals surface area contributed by atoms with E-state index in [1.165, 1.54) is 34.6 Å². The summed E-state index contributed by atoms with van der Waals surface area (Å²) >= 11 is 5.84. The maximum absolute atomic E-state index is 12.7. The standard InChI is InChI=1S/C18H18ClN3O5S/c19-15-5-1-3-13(11-15)17(23)20-21-18(24)14-4-2-6-16(12-14)28(25,26)22-7-9-27-10-8-22/h1-6,11-12H,7-10H2,(H,20,23)(H,21,24). The summed E-state index contributed by atoms with van der Waals surface area (Å²) in [5.74, 6) is -1.19. The van der Waals surface area contributed by atoms with Gasteiger partial charge in [0.15, 0.2) is 0 Å². The number of benzene rings is 2. The lowest BCUT2D eigenvalue weighted by molar-refractivity contribution is 0.0730. The van der Waals surface area contributed by atoms with Gasteiger partial charge in [-0.3, -0.25) is 20.4 Å². The van der Waals surface area contributed by atoms with Crippen LogP contribution in [0.4, 0.5) is 0 Å². The zero-order valence-corrected chi connectivity index (χ0v) is 16.3. The molecule has 0 radical (unpaired) electrons. The molecule has 2 N–H and O–H groups in total. The highest BCUT2D eigenvalue weighted by Crippen LogP contribution is 2.18. The van der Waals surface area contributed by atoms with E-state index < -0.39 is 21.8 Å². The molecule has 3 rings (SSSR count). The Kier molecular flexibility index (Phi) is 6.30. The molecule has 1 heterocycles. The van der Waals surface area contributed by atoms with E-state index in [1.807, 2.05) is 0 Å². The number of hydrogen-bond donors (Lipinski definition) is 2. The van der Waals surface area contributed by atoms with Crippen LogP contribution in [0.15, 0.2) is 53.4 Å². The van der Waals surface area contributed by atoms with Crippen LogP contribution in [0.5, 0.6) is 0 Å². The molecule has 28 heavy (non-hydrogen) atoms. The average Bonchev–Trinajstić information content (AvgIpc) is 2.72. The second-order valence-electron chi connectivity index (χ2n) is 5.96. The van der Waals surface area contributed by atoms with Gasteiger partial charge in [-0.2, -0.15) is 4.31 Å². The third kappa shape index (κ3) is 4.68. The molecule has 0 spiro atoms. The summed E-state index contributed by atoms with van der Waals surface area (Å²) in [4.78, 5) is 24.4. The highest BCUT2D eigenvalue weighted by Gasteiger charge is 2.26. The van der Waals surface area contributed by atoms with Crippen LogP contribution in [0.1, 0.15) is 20.7 Å². The van der Waals surface area contributed by atoms with Crippen LogP contribution in [0.2, 0.25) is 5.02 Å². The van der Waals surface area contributed by atoms with Crippen LogP contribution in [0.25, 0.3) is 0 Å². The quantitative estimate of drug-likeness (QED) is 0.724. The molecule has 1 aliphatic rings. The van der Waals surface area contributed by atoms with Gasteiger partial charge in [0, 0.05) is 29.2 Å². The molecule has 2 aromatic carbocycles. The molecule has 2 aromatic rings. The number of carbonyl (C=O) groups is 2. The number of nitrogens with one attached hydrogen (secondary N) is 2. The number of hydrogen-bond acceptors (Lipinski definition) is 5.